The summed E-state index contributed by atoms with van der Waals surface area (Å²) in [6.07, 6.45) is 0. The van der Waals surface area contributed by atoms with Crippen molar-refractivity contribution in [2.24, 2.45) is 7.05 Å². The molecule has 0 amide bonds. The molecule has 0 radical (unpaired) electrons. The highest BCUT2D eigenvalue weighted by molar-refractivity contribution is 8.02. The average molecular weight is 213 g/mol. The number of aryl methyl sites for hydroxylation is 1. The second-order valence-corrected chi connectivity index (χ2v) is 4.94. The van der Waals surface area contributed by atoms with E-state index >= 15 is 0 Å². The summed E-state index contributed by atoms with van der Waals surface area (Å²) in [4.78, 5) is 0. The molecular weight excluding hydrogens is 208 g/mol. The van der Waals surface area contributed by atoms with Crippen molar-refractivity contribution in [3.05, 3.63) is 3.95 Å². The van der Waals surface area contributed by atoms with E-state index in [1.807, 2.05) is 7.05 Å². The van der Waals surface area contributed by atoms with Crippen LogP contribution in [-0.4, -0.2) is 15.0 Å². The molecule has 0 unspecified atom stereocenters. The molecule has 2 nitrogen and oxygen atoms in total. The Kier molecular flexibility index (Phi) is 3.16. The third kappa shape index (κ3) is 1.95. The summed E-state index contributed by atoms with van der Waals surface area (Å²) < 4.78 is 3.39. The summed E-state index contributed by atoms with van der Waals surface area (Å²) in [6, 6.07) is 0. The SMILES string of the molecule is Cn1nc(SCCl)sc1=S. The first kappa shape index (κ1) is 8.52. The number of thioether (sulfide) groups is 1. The molecule has 1 aromatic rings. The van der Waals surface area contributed by atoms with Gasteiger partial charge >= 0.3 is 0 Å². The summed E-state index contributed by atoms with van der Waals surface area (Å²) in [5, 5.41) is 4.64. The van der Waals surface area contributed by atoms with Crippen LogP contribution in [0.2, 0.25) is 0 Å². The molecule has 1 rings (SSSR count). The Morgan fingerprint density at radius 3 is 3.00 bits per heavy atom. The lowest BCUT2D eigenvalue weighted by molar-refractivity contribution is 0.730. The van der Waals surface area contributed by atoms with E-state index in [0.717, 1.165) is 8.29 Å². The summed E-state index contributed by atoms with van der Waals surface area (Å²) in [7, 11) is 1.83. The van der Waals surface area contributed by atoms with Crippen LogP contribution in [0.4, 0.5) is 0 Å². The number of aromatic nitrogens is 2. The second-order valence-electron chi connectivity index (χ2n) is 1.51. The normalized spacial score (nSPS) is 10.2. The average Bonchev–Trinajstić information content (AvgIpc) is 2.14. The zero-order valence-electron chi connectivity index (χ0n) is 5.20. The third-order valence-electron chi connectivity index (χ3n) is 0.849. The van der Waals surface area contributed by atoms with Crippen LogP contribution >= 0.6 is 46.9 Å². The molecule has 0 N–H and O–H groups in total. The van der Waals surface area contributed by atoms with Gasteiger partial charge in [0.05, 0.1) is 5.21 Å². The van der Waals surface area contributed by atoms with Crippen LogP contribution in [0, 0.1) is 3.95 Å². The van der Waals surface area contributed by atoms with Crippen molar-refractivity contribution in [3.8, 4) is 0 Å². The van der Waals surface area contributed by atoms with E-state index in [9.17, 15) is 0 Å². The van der Waals surface area contributed by atoms with Gasteiger partial charge in [-0.1, -0.05) is 23.1 Å². The van der Waals surface area contributed by atoms with Gasteiger partial charge < -0.3 is 0 Å². The van der Waals surface area contributed by atoms with Gasteiger partial charge in [-0.2, -0.15) is 5.10 Å². The Balaban J connectivity index is 2.88. The molecule has 0 aliphatic rings. The first-order valence-electron chi connectivity index (χ1n) is 2.47. The van der Waals surface area contributed by atoms with Gasteiger partial charge in [0.15, 0.2) is 8.29 Å². The van der Waals surface area contributed by atoms with Crippen molar-refractivity contribution in [3.63, 3.8) is 0 Å². The summed E-state index contributed by atoms with van der Waals surface area (Å²) in [5.41, 5.74) is 0. The molecule has 0 aliphatic carbocycles. The Hall–Kier alpha value is 0.420. The molecule has 56 valence electrons. The van der Waals surface area contributed by atoms with Crippen LogP contribution in [0.5, 0.6) is 0 Å². The Labute approximate surface area is 77.2 Å². The lowest BCUT2D eigenvalue weighted by atomic mass is 11.3. The number of halogens is 1. The lowest BCUT2D eigenvalue weighted by Gasteiger charge is -1.84. The lowest BCUT2D eigenvalue weighted by Crippen LogP contribution is -1.88. The Morgan fingerprint density at radius 2 is 2.60 bits per heavy atom. The standard InChI is InChI=1S/C4H5ClN2S3/c1-7-4(8)10-3(6-7)9-2-5/h2H2,1H3. The zero-order valence-corrected chi connectivity index (χ0v) is 8.41. The minimum atomic E-state index is 0.530. The van der Waals surface area contributed by atoms with Gasteiger partial charge in [-0.05, 0) is 12.2 Å². The van der Waals surface area contributed by atoms with Gasteiger partial charge in [0.1, 0.15) is 0 Å². The quantitative estimate of drug-likeness (QED) is 0.426. The molecule has 0 aliphatic heterocycles. The first-order chi connectivity index (χ1) is 4.74. The van der Waals surface area contributed by atoms with Crippen LogP contribution in [0.15, 0.2) is 4.34 Å². The molecule has 0 bridgehead atoms. The van der Waals surface area contributed by atoms with E-state index in [1.165, 1.54) is 23.1 Å². The highest BCUT2D eigenvalue weighted by Gasteiger charge is 1.98. The minimum absolute atomic E-state index is 0.530. The molecule has 1 heterocycles. The fourth-order valence-electron chi connectivity index (χ4n) is 0.429. The largest absolute Gasteiger partial charge is 0.247 e. The van der Waals surface area contributed by atoms with Crippen LogP contribution in [0.25, 0.3) is 0 Å². The van der Waals surface area contributed by atoms with Gasteiger partial charge in [-0.15, -0.1) is 11.6 Å². The third-order valence-corrected chi connectivity index (χ3v) is 3.43. The molecule has 0 atom stereocenters. The van der Waals surface area contributed by atoms with Crippen LogP contribution in [0.3, 0.4) is 0 Å². The highest BCUT2D eigenvalue weighted by Crippen LogP contribution is 2.21. The predicted octanol–water partition coefficient (Wildman–Crippen LogP) is 2.50. The molecule has 0 saturated heterocycles. The molecular formula is C4H5ClN2S3. The van der Waals surface area contributed by atoms with Crippen LogP contribution < -0.4 is 0 Å². The van der Waals surface area contributed by atoms with Gasteiger partial charge in [0.2, 0.25) is 0 Å². The summed E-state index contributed by atoms with van der Waals surface area (Å²) in [5.74, 6) is 0. The van der Waals surface area contributed by atoms with Crippen molar-refractivity contribution < 1.29 is 0 Å². The smallest absolute Gasteiger partial charge is 0.179 e. The minimum Gasteiger partial charge on any atom is -0.247 e. The molecule has 0 aromatic carbocycles. The number of rotatable bonds is 2. The molecule has 1 aromatic heterocycles. The molecule has 0 fully saturated rings. The van der Waals surface area contributed by atoms with Gasteiger partial charge in [0.25, 0.3) is 0 Å². The number of hydrogen-bond donors (Lipinski definition) is 0. The number of alkyl halides is 1. The van der Waals surface area contributed by atoms with E-state index in [1.54, 1.807) is 4.68 Å². The van der Waals surface area contributed by atoms with Gasteiger partial charge in [-0.25, -0.2) is 4.68 Å². The van der Waals surface area contributed by atoms with E-state index in [4.69, 9.17) is 23.8 Å². The van der Waals surface area contributed by atoms with E-state index in [-0.39, 0.29) is 0 Å². The fourth-order valence-corrected chi connectivity index (χ4v) is 2.78. The Morgan fingerprint density at radius 1 is 1.90 bits per heavy atom. The van der Waals surface area contributed by atoms with Gasteiger partial charge in [-0.3, -0.25) is 0 Å². The van der Waals surface area contributed by atoms with Crippen molar-refractivity contribution in [1.29, 1.82) is 0 Å². The number of nitrogens with zero attached hydrogens (tertiary/aromatic N) is 2. The molecule has 10 heavy (non-hydrogen) atoms. The number of hydrogen-bond acceptors (Lipinski definition) is 4. The van der Waals surface area contributed by atoms with E-state index < -0.39 is 0 Å². The molecule has 0 saturated carbocycles. The molecule has 0 spiro atoms. The van der Waals surface area contributed by atoms with E-state index in [0.29, 0.717) is 5.21 Å². The van der Waals surface area contributed by atoms with Crippen LogP contribution in [-0.2, 0) is 7.05 Å². The summed E-state index contributed by atoms with van der Waals surface area (Å²) >= 11 is 13.4. The van der Waals surface area contributed by atoms with Crippen molar-refractivity contribution >= 4 is 46.9 Å². The van der Waals surface area contributed by atoms with Gasteiger partial charge in [0, 0.05) is 7.05 Å². The van der Waals surface area contributed by atoms with Crippen LogP contribution in [0.1, 0.15) is 0 Å². The molecule has 6 heteroatoms. The highest BCUT2D eigenvalue weighted by atomic mass is 35.5. The Bertz CT molecular complexity index is 266. The predicted molar refractivity (Wildman–Crippen MR) is 48.5 cm³/mol. The topological polar surface area (TPSA) is 17.8 Å². The van der Waals surface area contributed by atoms with Crippen molar-refractivity contribution in [2.75, 3.05) is 5.21 Å². The fraction of sp³-hybridized carbons (Fsp3) is 0.500. The maximum Gasteiger partial charge on any atom is 0.179 e. The zero-order chi connectivity index (χ0) is 7.56. The summed E-state index contributed by atoms with van der Waals surface area (Å²) in [6.45, 7) is 0. The van der Waals surface area contributed by atoms with Crippen molar-refractivity contribution in [2.45, 2.75) is 4.34 Å². The second kappa shape index (κ2) is 3.71. The monoisotopic (exact) mass is 212 g/mol. The maximum absolute atomic E-state index is 5.48. The first-order valence-corrected chi connectivity index (χ1v) is 5.21. The van der Waals surface area contributed by atoms with Crippen molar-refractivity contribution in [1.82, 2.24) is 9.78 Å². The maximum atomic E-state index is 5.48. The van der Waals surface area contributed by atoms with E-state index in [2.05, 4.69) is 5.10 Å².